The first-order valence-electron chi connectivity index (χ1n) is 16.7. The third kappa shape index (κ3) is 4.64. The number of allylic oxidation sites excluding steroid dienone is 1. The summed E-state index contributed by atoms with van der Waals surface area (Å²) in [6.45, 7) is 0. The SMILES string of the molecule is C1=CC(c2nc(-c3ccc4ccccc4c3)nc(-c3c(-c4ccccc4)ccc4oc5ccccc5c34)n2)Cc2c1ccc1ccccc21. The summed E-state index contributed by atoms with van der Waals surface area (Å²) < 4.78 is 6.41. The van der Waals surface area contributed by atoms with Crippen LogP contribution >= 0.6 is 0 Å². The minimum absolute atomic E-state index is 0.0280. The zero-order chi connectivity index (χ0) is 32.3. The van der Waals surface area contributed by atoms with Gasteiger partial charge in [0.05, 0.1) is 0 Å². The molecular formula is C45H29N3O. The third-order valence-electron chi connectivity index (χ3n) is 9.85. The van der Waals surface area contributed by atoms with Crippen molar-refractivity contribution in [1.29, 1.82) is 0 Å². The van der Waals surface area contributed by atoms with Gasteiger partial charge >= 0.3 is 0 Å². The van der Waals surface area contributed by atoms with Gasteiger partial charge in [0.15, 0.2) is 11.6 Å². The minimum atomic E-state index is -0.0280. The Balaban J connectivity index is 1.24. The lowest BCUT2D eigenvalue weighted by Gasteiger charge is -2.21. The first kappa shape index (κ1) is 27.7. The summed E-state index contributed by atoms with van der Waals surface area (Å²) in [6.07, 6.45) is 5.29. The summed E-state index contributed by atoms with van der Waals surface area (Å²) in [5.41, 5.74) is 8.28. The summed E-state index contributed by atoms with van der Waals surface area (Å²) in [5, 5.41) is 6.90. The van der Waals surface area contributed by atoms with E-state index in [0.717, 1.165) is 61.8 Å². The van der Waals surface area contributed by atoms with Crippen LogP contribution in [0.3, 0.4) is 0 Å². The zero-order valence-corrected chi connectivity index (χ0v) is 26.5. The van der Waals surface area contributed by atoms with Crippen molar-refractivity contribution < 1.29 is 4.42 Å². The van der Waals surface area contributed by atoms with E-state index < -0.39 is 0 Å². The van der Waals surface area contributed by atoms with Gasteiger partial charge in [-0.25, -0.2) is 15.0 Å². The number of nitrogens with zero attached hydrogens (tertiary/aromatic N) is 3. The number of furan rings is 1. The molecule has 0 saturated carbocycles. The molecule has 4 nitrogen and oxygen atoms in total. The van der Waals surface area contributed by atoms with Gasteiger partial charge in [-0.1, -0.05) is 133 Å². The maximum atomic E-state index is 6.41. The highest BCUT2D eigenvalue weighted by atomic mass is 16.3. The Labute approximate surface area is 283 Å². The van der Waals surface area contributed by atoms with Crippen LogP contribution in [0.15, 0.2) is 156 Å². The molecule has 4 heteroatoms. The van der Waals surface area contributed by atoms with Crippen molar-refractivity contribution in [1.82, 2.24) is 15.0 Å². The molecule has 1 aliphatic rings. The second kappa shape index (κ2) is 11.1. The molecule has 1 atom stereocenters. The predicted molar refractivity (Wildman–Crippen MR) is 200 cm³/mol. The molecule has 10 rings (SSSR count). The van der Waals surface area contributed by atoms with Crippen molar-refractivity contribution >= 4 is 49.6 Å². The summed E-state index contributed by atoms with van der Waals surface area (Å²) in [5.74, 6) is 2.03. The maximum absolute atomic E-state index is 6.41. The van der Waals surface area contributed by atoms with Crippen LogP contribution in [0.25, 0.3) is 83.5 Å². The van der Waals surface area contributed by atoms with Crippen LogP contribution in [-0.2, 0) is 6.42 Å². The molecule has 2 heterocycles. The van der Waals surface area contributed by atoms with Crippen LogP contribution in [0.5, 0.6) is 0 Å². The van der Waals surface area contributed by atoms with Crippen molar-refractivity contribution in [3.63, 3.8) is 0 Å². The van der Waals surface area contributed by atoms with E-state index in [9.17, 15) is 0 Å². The number of aromatic nitrogens is 3. The Bertz CT molecular complexity index is 2760. The van der Waals surface area contributed by atoms with Gasteiger partial charge in [0.1, 0.15) is 17.0 Å². The van der Waals surface area contributed by atoms with Gasteiger partial charge in [-0.3, -0.25) is 0 Å². The quantitative estimate of drug-likeness (QED) is 0.195. The Kier molecular flexibility index (Phi) is 6.28. The van der Waals surface area contributed by atoms with Gasteiger partial charge in [0.25, 0.3) is 0 Å². The number of para-hydroxylation sites is 1. The molecular weight excluding hydrogens is 599 g/mol. The van der Waals surface area contributed by atoms with E-state index in [0.29, 0.717) is 11.6 Å². The molecule has 7 aromatic carbocycles. The molecule has 0 fully saturated rings. The van der Waals surface area contributed by atoms with E-state index in [2.05, 4.69) is 140 Å². The van der Waals surface area contributed by atoms with Gasteiger partial charge in [0.2, 0.25) is 0 Å². The molecule has 0 aliphatic heterocycles. The first-order chi connectivity index (χ1) is 24.3. The Morgan fingerprint density at radius 3 is 2.16 bits per heavy atom. The predicted octanol–water partition coefficient (Wildman–Crippen LogP) is 11.4. The Morgan fingerprint density at radius 2 is 1.27 bits per heavy atom. The van der Waals surface area contributed by atoms with Crippen LogP contribution in [0.2, 0.25) is 0 Å². The lowest BCUT2D eigenvalue weighted by Crippen LogP contribution is -2.12. The highest BCUT2D eigenvalue weighted by molar-refractivity contribution is 6.15. The van der Waals surface area contributed by atoms with Gasteiger partial charge < -0.3 is 4.42 Å². The largest absolute Gasteiger partial charge is 0.456 e. The monoisotopic (exact) mass is 627 g/mol. The van der Waals surface area contributed by atoms with Crippen molar-refractivity contribution in [3.05, 3.63) is 169 Å². The summed E-state index contributed by atoms with van der Waals surface area (Å²) in [6, 6.07) is 50.8. The van der Waals surface area contributed by atoms with E-state index in [-0.39, 0.29) is 5.92 Å². The number of fused-ring (bicyclic) bond motifs is 7. The standard InChI is InChI=1S/C45H29N3O/c1-2-11-29(12-3-1)36-24-25-40-41(37-16-8-9-17-39(37)49-40)42(36)45-47-43(33-22-18-28-10-4-5-14-32(28)26-33)46-44(48-45)34-23-21-31-20-19-30-13-6-7-15-35(30)38(31)27-34/h1-26,34H,27H2. The lowest BCUT2D eigenvalue weighted by molar-refractivity contribution is 0.669. The fourth-order valence-corrected chi connectivity index (χ4v) is 7.46. The van der Waals surface area contributed by atoms with Gasteiger partial charge in [-0.15, -0.1) is 0 Å². The van der Waals surface area contributed by atoms with Crippen LogP contribution in [0.1, 0.15) is 22.9 Å². The molecule has 2 aromatic heterocycles. The fourth-order valence-electron chi connectivity index (χ4n) is 7.46. The molecule has 0 bridgehead atoms. The smallest absolute Gasteiger partial charge is 0.165 e. The summed E-state index contributed by atoms with van der Waals surface area (Å²) >= 11 is 0. The number of hydrogen-bond donors (Lipinski definition) is 0. The Morgan fingerprint density at radius 1 is 0.531 bits per heavy atom. The third-order valence-corrected chi connectivity index (χ3v) is 9.85. The van der Waals surface area contributed by atoms with Gasteiger partial charge in [0, 0.05) is 27.8 Å². The second-order valence-electron chi connectivity index (χ2n) is 12.8. The van der Waals surface area contributed by atoms with Crippen LogP contribution in [-0.4, -0.2) is 15.0 Å². The Hall–Kier alpha value is -6.39. The van der Waals surface area contributed by atoms with E-state index >= 15 is 0 Å². The molecule has 1 aliphatic carbocycles. The van der Waals surface area contributed by atoms with Gasteiger partial charge in [-0.2, -0.15) is 0 Å². The lowest BCUT2D eigenvalue weighted by atomic mass is 9.86. The number of hydrogen-bond acceptors (Lipinski definition) is 4. The first-order valence-corrected chi connectivity index (χ1v) is 16.7. The van der Waals surface area contributed by atoms with Crippen LogP contribution in [0.4, 0.5) is 0 Å². The topological polar surface area (TPSA) is 51.8 Å². The number of benzene rings is 7. The normalized spacial score (nSPS) is 14.2. The fraction of sp³-hybridized carbons (Fsp3) is 0.0444. The van der Waals surface area contributed by atoms with Crippen molar-refractivity contribution in [2.24, 2.45) is 0 Å². The van der Waals surface area contributed by atoms with Crippen molar-refractivity contribution in [2.75, 3.05) is 0 Å². The molecule has 1 unspecified atom stereocenters. The molecule has 0 amide bonds. The van der Waals surface area contributed by atoms with E-state index in [4.69, 9.17) is 19.4 Å². The average molecular weight is 628 g/mol. The summed E-state index contributed by atoms with van der Waals surface area (Å²) in [7, 11) is 0. The molecule has 0 radical (unpaired) electrons. The van der Waals surface area contributed by atoms with Crippen molar-refractivity contribution in [3.8, 4) is 33.9 Å². The molecule has 49 heavy (non-hydrogen) atoms. The average Bonchev–Trinajstić information content (AvgIpc) is 3.56. The van der Waals surface area contributed by atoms with Crippen molar-refractivity contribution in [2.45, 2.75) is 12.3 Å². The minimum Gasteiger partial charge on any atom is -0.456 e. The molecule has 0 N–H and O–H groups in total. The summed E-state index contributed by atoms with van der Waals surface area (Å²) in [4.78, 5) is 15.9. The highest BCUT2D eigenvalue weighted by Crippen LogP contribution is 2.43. The molecule has 9 aromatic rings. The molecule has 0 saturated heterocycles. The van der Waals surface area contributed by atoms with E-state index in [1.807, 2.05) is 18.2 Å². The highest BCUT2D eigenvalue weighted by Gasteiger charge is 2.25. The maximum Gasteiger partial charge on any atom is 0.165 e. The van der Waals surface area contributed by atoms with E-state index in [1.54, 1.807) is 0 Å². The zero-order valence-electron chi connectivity index (χ0n) is 26.5. The van der Waals surface area contributed by atoms with E-state index in [1.165, 1.54) is 27.3 Å². The van der Waals surface area contributed by atoms with Gasteiger partial charge in [-0.05, 0) is 74.5 Å². The molecule has 230 valence electrons. The van der Waals surface area contributed by atoms with Crippen LogP contribution < -0.4 is 0 Å². The number of rotatable bonds is 4. The second-order valence-corrected chi connectivity index (χ2v) is 12.8. The van der Waals surface area contributed by atoms with Crippen LogP contribution in [0, 0.1) is 0 Å². The molecule has 0 spiro atoms.